The Morgan fingerprint density at radius 2 is 2.00 bits per heavy atom. The van der Waals surface area contributed by atoms with E-state index in [-0.39, 0.29) is 5.72 Å². The van der Waals surface area contributed by atoms with Crippen molar-refractivity contribution in [3.63, 3.8) is 0 Å². The molecule has 3 heterocycles. The Bertz CT molecular complexity index is 1130. The molecule has 0 unspecified atom stereocenters. The van der Waals surface area contributed by atoms with E-state index in [1.54, 1.807) is 0 Å². The molecular formula is C24H32N6O. The summed E-state index contributed by atoms with van der Waals surface area (Å²) in [4.78, 5) is 12.9. The average Bonchev–Trinajstić information content (AvgIpc) is 3.47. The van der Waals surface area contributed by atoms with Crippen LogP contribution in [0, 0.1) is 0 Å². The third-order valence-electron chi connectivity index (χ3n) is 6.79. The van der Waals surface area contributed by atoms with Crippen LogP contribution in [0.15, 0.2) is 29.6 Å². The quantitative estimate of drug-likeness (QED) is 0.553. The first-order chi connectivity index (χ1) is 15.1. The summed E-state index contributed by atoms with van der Waals surface area (Å²) < 4.78 is 2.00. The van der Waals surface area contributed by atoms with Crippen molar-refractivity contribution in [3.8, 4) is 0 Å². The van der Waals surface area contributed by atoms with Gasteiger partial charge in [0.25, 0.3) is 0 Å². The molecule has 2 aromatic heterocycles. The Morgan fingerprint density at radius 3 is 2.81 bits per heavy atom. The van der Waals surface area contributed by atoms with Crippen LogP contribution in [0.5, 0.6) is 0 Å². The predicted molar refractivity (Wildman–Crippen MR) is 125 cm³/mol. The first-order valence-corrected chi connectivity index (χ1v) is 11.7. The summed E-state index contributed by atoms with van der Waals surface area (Å²) in [5.74, 6) is 1.54. The summed E-state index contributed by atoms with van der Waals surface area (Å²) in [6, 6.07) is 6.36. The summed E-state index contributed by atoms with van der Waals surface area (Å²) in [7, 11) is 0. The van der Waals surface area contributed by atoms with Crippen LogP contribution in [0.25, 0.3) is 21.8 Å². The number of nitrogens with zero attached hydrogens (tertiary/aromatic N) is 5. The molecule has 1 aliphatic heterocycles. The number of hydrogen-bond donors (Lipinski definition) is 1. The van der Waals surface area contributed by atoms with Gasteiger partial charge >= 0.3 is 0 Å². The minimum absolute atomic E-state index is 0.162. The van der Waals surface area contributed by atoms with E-state index >= 15 is 0 Å². The Labute approximate surface area is 183 Å². The van der Waals surface area contributed by atoms with Gasteiger partial charge < -0.3 is 15.5 Å². The predicted octanol–water partition coefficient (Wildman–Crippen LogP) is 4.84. The van der Waals surface area contributed by atoms with Crippen LogP contribution >= 0.6 is 0 Å². The Morgan fingerprint density at radius 1 is 1.16 bits per heavy atom. The van der Waals surface area contributed by atoms with E-state index in [9.17, 15) is 0 Å². The molecule has 0 amide bonds. The molecule has 2 N–H and O–H groups in total. The summed E-state index contributed by atoms with van der Waals surface area (Å²) in [6.45, 7) is 6.11. The second kappa shape index (κ2) is 8.02. The molecule has 7 nitrogen and oxygen atoms in total. The lowest BCUT2D eigenvalue weighted by Gasteiger charge is -2.33. The topological polar surface area (TPSA) is 81.6 Å². The number of oxime groups is 1. The number of aryl methyl sites for hydroxylation is 2. The van der Waals surface area contributed by atoms with E-state index in [0.29, 0.717) is 5.82 Å². The molecule has 7 heteroatoms. The van der Waals surface area contributed by atoms with Crippen molar-refractivity contribution in [2.45, 2.75) is 77.5 Å². The number of aromatic nitrogens is 3. The first-order valence-electron chi connectivity index (χ1n) is 11.7. The lowest BCUT2D eigenvalue weighted by atomic mass is 10.00. The number of anilines is 1. The van der Waals surface area contributed by atoms with Gasteiger partial charge in [0.1, 0.15) is 11.4 Å². The molecule has 3 aromatic rings. The van der Waals surface area contributed by atoms with Crippen molar-refractivity contribution < 1.29 is 4.84 Å². The maximum absolute atomic E-state index is 6.23. The van der Waals surface area contributed by atoms with Crippen molar-refractivity contribution in [2.75, 3.05) is 12.3 Å². The number of unbranched alkanes of at least 4 members (excludes halogenated alkanes) is 1. The van der Waals surface area contributed by atoms with Crippen LogP contribution in [-0.2, 0) is 17.8 Å². The van der Waals surface area contributed by atoms with Gasteiger partial charge in [-0.15, -0.1) is 0 Å². The van der Waals surface area contributed by atoms with Gasteiger partial charge in [-0.25, -0.2) is 4.98 Å². The van der Waals surface area contributed by atoms with Crippen molar-refractivity contribution in [3.05, 3.63) is 30.0 Å². The summed E-state index contributed by atoms with van der Waals surface area (Å²) in [6.07, 6.45) is 11.0. The van der Waals surface area contributed by atoms with Gasteiger partial charge in [0.2, 0.25) is 5.72 Å². The zero-order valence-electron chi connectivity index (χ0n) is 18.6. The van der Waals surface area contributed by atoms with Crippen molar-refractivity contribution in [1.29, 1.82) is 0 Å². The van der Waals surface area contributed by atoms with Gasteiger partial charge in [0.05, 0.1) is 5.52 Å². The molecule has 1 spiro atoms. The molecule has 0 atom stereocenters. The van der Waals surface area contributed by atoms with Crippen LogP contribution in [-0.4, -0.2) is 37.8 Å². The number of benzene rings is 1. The van der Waals surface area contributed by atoms with E-state index in [1.165, 1.54) is 23.8 Å². The third-order valence-corrected chi connectivity index (χ3v) is 6.79. The maximum Gasteiger partial charge on any atom is 0.211 e. The highest BCUT2D eigenvalue weighted by Crippen LogP contribution is 2.40. The number of nitrogen functional groups attached to an aromatic ring is 1. The maximum atomic E-state index is 6.23. The van der Waals surface area contributed by atoms with E-state index in [2.05, 4.69) is 58.4 Å². The number of hydrogen-bond acceptors (Lipinski definition) is 6. The van der Waals surface area contributed by atoms with Gasteiger partial charge in [0, 0.05) is 42.9 Å². The number of rotatable bonds is 7. The summed E-state index contributed by atoms with van der Waals surface area (Å²) >= 11 is 0. The van der Waals surface area contributed by atoms with Gasteiger partial charge in [0.15, 0.2) is 5.82 Å². The number of amidine groups is 1. The van der Waals surface area contributed by atoms with Crippen LogP contribution < -0.4 is 5.73 Å². The zero-order chi connectivity index (χ0) is 21.4. The Hall–Kier alpha value is -2.83. The normalized spacial score (nSPS) is 17.7. The summed E-state index contributed by atoms with van der Waals surface area (Å²) in [5.41, 5.74) is 9.16. The molecule has 31 heavy (non-hydrogen) atoms. The highest BCUT2D eigenvalue weighted by molar-refractivity contribution is 6.09. The van der Waals surface area contributed by atoms with Crippen LogP contribution in [0.2, 0.25) is 0 Å². The fraction of sp³-hybridized carbons (Fsp3) is 0.542. The van der Waals surface area contributed by atoms with Gasteiger partial charge in [-0.1, -0.05) is 24.2 Å². The fourth-order valence-electron chi connectivity index (χ4n) is 5.30. The molecule has 1 aromatic carbocycles. The number of fused-ring (bicyclic) bond motifs is 3. The van der Waals surface area contributed by atoms with Crippen molar-refractivity contribution >= 4 is 33.5 Å². The number of pyridine rings is 1. The van der Waals surface area contributed by atoms with Crippen LogP contribution in [0.3, 0.4) is 0 Å². The Balaban J connectivity index is 1.35. The molecular weight excluding hydrogens is 388 g/mol. The van der Waals surface area contributed by atoms with Crippen molar-refractivity contribution in [2.24, 2.45) is 5.16 Å². The van der Waals surface area contributed by atoms with Crippen molar-refractivity contribution in [1.82, 2.24) is 19.7 Å². The first kappa shape index (κ1) is 20.1. The van der Waals surface area contributed by atoms with E-state index in [0.717, 1.165) is 73.9 Å². The largest absolute Gasteiger partial charge is 0.382 e. The lowest BCUT2D eigenvalue weighted by molar-refractivity contribution is -0.0931. The smallest absolute Gasteiger partial charge is 0.211 e. The molecule has 164 valence electrons. The van der Waals surface area contributed by atoms with Crippen LogP contribution in [0.4, 0.5) is 5.82 Å². The van der Waals surface area contributed by atoms with E-state index < -0.39 is 0 Å². The minimum Gasteiger partial charge on any atom is -0.382 e. The molecule has 0 radical (unpaired) electrons. The molecule has 0 bridgehead atoms. The van der Waals surface area contributed by atoms with Gasteiger partial charge in [-0.05, 0) is 57.1 Å². The standard InChI is InChI=1S/C24H32N6O/c1-3-14-29-16-19-21-18(10-8-11-20(21)26-23(25)22(19)27-29)9-4-7-15-30-17(2)28-31-24(30)12-5-6-13-24/h8,10-11,16H,3-7,9,12-15H2,1-2H3,(H2,25,26). The second-order valence-corrected chi connectivity index (χ2v) is 8.95. The fourth-order valence-corrected chi connectivity index (χ4v) is 5.30. The molecule has 1 saturated carbocycles. The highest BCUT2D eigenvalue weighted by atomic mass is 16.7. The lowest BCUT2D eigenvalue weighted by Crippen LogP contribution is -2.46. The molecule has 2 aliphatic rings. The van der Waals surface area contributed by atoms with Gasteiger partial charge in [-0.3, -0.25) is 4.68 Å². The SMILES string of the molecule is CCCn1cc2c(n1)c(N)nc1cccc(CCCCN3C(C)=NOC34CCCC4)c12. The summed E-state index contributed by atoms with van der Waals surface area (Å²) in [5, 5.41) is 11.3. The highest BCUT2D eigenvalue weighted by Gasteiger charge is 2.46. The van der Waals surface area contributed by atoms with E-state index in [4.69, 9.17) is 10.6 Å². The third kappa shape index (κ3) is 3.50. The minimum atomic E-state index is -0.162. The molecule has 0 saturated heterocycles. The Kier molecular flexibility index (Phi) is 5.20. The average molecular weight is 421 g/mol. The van der Waals surface area contributed by atoms with E-state index in [1.807, 2.05) is 4.68 Å². The van der Waals surface area contributed by atoms with Gasteiger partial charge in [-0.2, -0.15) is 5.10 Å². The second-order valence-electron chi connectivity index (χ2n) is 8.95. The molecule has 1 fully saturated rings. The molecule has 5 rings (SSSR count). The monoisotopic (exact) mass is 420 g/mol. The van der Waals surface area contributed by atoms with Crippen LogP contribution in [0.1, 0.15) is 64.4 Å². The molecule has 1 aliphatic carbocycles. The zero-order valence-corrected chi connectivity index (χ0v) is 18.6. The number of nitrogens with two attached hydrogens (primary N) is 1.